The summed E-state index contributed by atoms with van der Waals surface area (Å²) < 4.78 is 1.17. The minimum Gasteiger partial charge on any atom is -0.319 e. The lowest BCUT2D eigenvalue weighted by Gasteiger charge is -2.10. The van der Waals surface area contributed by atoms with Gasteiger partial charge in [0.2, 0.25) is 0 Å². The Bertz CT molecular complexity index is 528. The number of halogens is 1. The first-order valence-electron chi connectivity index (χ1n) is 5.60. The summed E-state index contributed by atoms with van der Waals surface area (Å²) in [4.78, 5) is 6.07. The van der Waals surface area contributed by atoms with Crippen LogP contribution in [0.3, 0.4) is 0 Å². The van der Waals surface area contributed by atoms with Crippen molar-refractivity contribution in [1.29, 1.82) is 0 Å². The topological polar surface area (TPSA) is 24.9 Å². The molecule has 0 saturated heterocycles. The molecule has 2 nitrogen and oxygen atoms in total. The van der Waals surface area contributed by atoms with Crippen LogP contribution >= 0.6 is 38.6 Å². The molecular weight excluding hydrogens is 316 g/mol. The van der Waals surface area contributed by atoms with Crippen LogP contribution in [0.25, 0.3) is 9.88 Å². The second-order valence-corrected chi connectivity index (χ2v) is 7.77. The van der Waals surface area contributed by atoms with Crippen molar-refractivity contribution in [1.82, 2.24) is 10.3 Å². The summed E-state index contributed by atoms with van der Waals surface area (Å²) in [5.41, 5.74) is 1.61. The summed E-state index contributed by atoms with van der Waals surface area (Å²) in [7, 11) is 2.02. The smallest absolute Gasteiger partial charge is 0.133 e. The fourth-order valence-corrected chi connectivity index (χ4v) is 4.47. The lowest BCUT2D eigenvalue weighted by Crippen LogP contribution is -2.23. The predicted molar refractivity (Wildman–Crippen MR) is 78.0 cm³/mol. The number of thiazole rings is 1. The first-order chi connectivity index (χ1) is 8.23. The largest absolute Gasteiger partial charge is 0.319 e. The third kappa shape index (κ3) is 2.21. The maximum Gasteiger partial charge on any atom is 0.133 e. The van der Waals surface area contributed by atoms with E-state index in [1.807, 2.05) is 7.05 Å². The number of hydrogen-bond donors (Lipinski definition) is 1. The Morgan fingerprint density at radius 2 is 2.29 bits per heavy atom. The molecule has 1 fully saturated rings. The highest BCUT2D eigenvalue weighted by molar-refractivity contribution is 9.11. The van der Waals surface area contributed by atoms with Gasteiger partial charge >= 0.3 is 0 Å². The maximum absolute atomic E-state index is 4.81. The molecule has 90 valence electrons. The van der Waals surface area contributed by atoms with Gasteiger partial charge in [0.25, 0.3) is 0 Å². The van der Waals surface area contributed by atoms with Gasteiger partial charge in [-0.25, -0.2) is 4.98 Å². The van der Waals surface area contributed by atoms with Crippen LogP contribution in [-0.4, -0.2) is 18.6 Å². The monoisotopic (exact) mass is 328 g/mol. The van der Waals surface area contributed by atoms with Crippen molar-refractivity contribution in [2.45, 2.75) is 18.3 Å². The third-order valence-corrected chi connectivity index (χ3v) is 5.84. The van der Waals surface area contributed by atoms with Gasteiger partial charge < -0.3 is 5.32 Å². The van der Waals surface area contributed by atoms with E-state index in [9.17, 15) is 0 Å². The normalized spacial score (nSPS) is 17.3. The fraction of sp³-hybridized carbons (Fsp3) is 0.417. The minimum absolute atomic E-state index is 0.331. The second-order valence-electron chi connectivity index (χ2n) is 4.45. The van der Waals surface area contributed by atoms with E-state index in [0.717, 1.165) is 11.6 Å². The lowest BCUT2D eigenvalue weighted by molar-refractivity contribution is 0.611. The van der Waals surface area contributed by atoms with E-state index in [1.54, 1.807) is 22.7 Å². The Morgan fingerprint density at radius 1 is 1.47 bits per heavy atom. The third-order valence-electron chi connectivity index (χ3n) is 3.20. The predicted octanol–water partition coefficient (Wildman–Crippen LogP) is 3.89. The molecular formula is C12H13BrN2S2. The molecule has 1 N–H and O–H groups in total. The summed E-state index contributed by atoms with van der Waals surface area (Å²) in [6.07, 6.45) is 2.54. The van der Waals surface area contributed by atoms with E-state index >= 15 is 0 Å². The number of rotatable bonds is 4. The molecule has 0 atom stereocenters. The Hall–Kier alpha value is -0.230. The van der Waals surface area contributed by atoms with Gasteiger partial charge in [-0.15, -0.1) is 22.7 Å². The molecule has 0 unspecified atom stereocenters. The molecule has 2 aromatic rings. The zero-order chi connectivity index (χ0) is 11.9. The van der Waals surface area contributed by atoms with E-state index in [1.165, 1.54) is 27.2 Å². The van der Waals surface area contributed by atoms with Crippen LogP contribution < -0.4 is 5.32 Å². The first kappa shape index (κ1) is 11.8. The highest BCUT2D eigenvalue weighted by atomic mass is 79.9. The summed E-state index contributed by atoms with van der Waals surface area (Å²) in [5, 5.41) is 6.66. The highest BCUT2D eigenvalue weighted by Crippen LogP contribution is 2.48. The van der Waals surface area contributed by atoms with Gasteiger partial charge in [0, 0.05) is 17.3 Å². The van der Waals surface area contributed by atoms with Crippen molar-refractivity contribution in [2.75, 3.05) is 13.6 Å². The van der Waals surface area contributed by atoms with Gasteiger partial charge in [-0.05, 0) is 48.0 Å². The van der Waals surface area contributed by atoms with Gasteiger partial charge in [-0.2, -0.15) is 0 Å². The lowest BCUT2D eigenvalue weighted by atomic mass is 10.0. The molecule has 1 saturated carbocycles. The molecule has 2 heterocycles. The SMILES string of the molecule is CNCC1(c2csc(-c3ccc(Br)s3)n2)CC1. The average molecular weight is 329 g/mol. The van der Waals surface area contributed by atoms with Crippen molar-refractivity contribution < 1.29 is 0 Å². The molecule has 1 aliphatic rings. The van der Waals surface area contributed by atoms with Crippen LogP contribution in [0, 0.1) is 0 Å². The molecule has 1 aliphatic carbocycles. The molecule has 0 aromatic carbocycles. The van der Waals surface area contributed by atoms with E-state index in [0.29, 0.717) is 5.41 Å². The summed E-state index contributed by atoms with van der Waals surface area (Å²) in [6.45, 7) is 1.05. The molecule has 5 heteroatoms. The van der Waals surface area contributed by atoms with E-state index in [2.05, 4.69) is 38.8 Å². The van der Waals surface area contributed by atoms with Crippen molar-refractivity contribution in [2.24, 2.45) is 0 Å². The zero-order valence-corrected chi connectivity index (χ0v) is 12.7. The molecule has 2 aromatic heterocycles. The number of aromatic nitrogens is 1. The second kappa shape index (κ2) is 4.46. The molecule has 0 aliphatic heterocycles. The van der Waals surface area contributed by atoms with Gasteiger partial charge in [0.15, 0.2) is 0 Å². The van der Waals surface area contributed by atoms with E-state index in [-0.39, 0.29) is 0 Å². The molecule has 0 amide bonds. The number of nitrogens with zero attached hydrogens (tertiary/aromatic N) is 1. The van der Waals surface area contributed by atoms with Crippen LogP contribution in [0.2, 0.25) is 0 Å². The maximum atomic E-state index is 4.81. The van der Waals surface area contributed by atoms with Gasteiger partial charge in [-0.3, -0.25) is 0 Å². The van der Waals surface area contributed by atoms with Crippen LogP contribution in [0.1, 0.15) is 18.5 Å². The van der Waals surface area contributed by atoms with Crippen molar-refractivity contribution in [3.05, 3.63) is 27.0 Å². The Balaban J connectivity index is 1.88. The Kier molecular flexibility index (Phi) is 3.11. The van der Waals surface area contributed by atoms with E-state index < -0.39 is 0 Å². The first-order valence-corrected chi connectivity index (χ1v) is 8.09. The van der Waals surface area contributed by atoms with Gasteiger partial charge in [0.05, 0.1) is 14.4 Å². The van der Waals surface area contributed by atoms with Crippen LogP contribution in [-0.2, 0) is 5.41 Å². The Labute approximate surface area is 117 Å². The number of likely N-dealkylation sites (N-methyl/N-ethyl adjacent to an activating group) is 1. The molecule has 0 spiro atoms. The van der Waals surface area contributed by atoms with E-state index in [4.69, 9.17) is 4.98 Å². The standard InChI is InChI=1S/C12H13BrN2S2/c1-14-7-12(4-5-12)9-6-16-11(15-9)8-2-3-10(13)17-8/h2-3,6,14H,4-5,7H2,1H3. The summed E-state index contributed by atoms with van der Waals surface area (Å²) >= 11 is 7.01. The molecule has 17 heavy (non-hydrogen) atoms. The fourth-order valence-electron chi connectivity index (χ4n) is 2.07. The summed E-state index contributed by atoms with van der Waals surface area (Å²) in [5.74, 6) is 0. The molecule has 3 rings (SSSR count). The number of hydrogen-bond acceptors (Lipinski definition) is 4. The van der Waals surface area contributed by atoms with Crippen LogP contribution in [0.4, 0.5) is 0 Å². The van der Waals surface area contributed by atoms with Gasteiger partial charge in [-0.1, -0.05) is 0 Å². The number of thiophene rings is 1. The quantitative estimate of drug-likeness (QED) is 0.921. The highest BCUT2D eigenvalue weighted by Gasteiger charge is 2.45. The summed E-state index contributed by atoms with van der Waals surface area (Å²) in [6, 6.07) is 4.22. The van der Waals surface area contributed by atoms with Crippen LogP contribution in [0.15, 0.2) is 21.3 Å². The van der Waals surface area contributed by atoms with Gasteiger partial charge in [0.1, 0.15) is 5.01 Å². The number of nitrogens with one attached hydrogen (secondary N) is 1. The molecule has 0 bridgehead atoms. The average Bonchev–Trinajstić information content (AvgIpc) is 2.79. The van der Waals surface area contributed by atoms with Crippen molar-refractivity contribution in [3.63, 3.8) is 0 Å². The van der Waals surface area contributed by atoms with Crippen LogP contribution in [0.5, 0.6) is 0 Å². The Morgan fingerprint density at radius 3 is 2.88 bits per heavy atom. The van der Waals surface area contributed by atoms with Crippen molar-refractivity contribution >= 4 is 38.6 Å². The molecule has 0 radical (unpaired) electrons. The zero-order valence-electron chi connectivity index (χ0n) is 9.50. The van der Waals surface area contributed by atoms with Crippen molar-refractivity contribution in [3.8, 4) is 9.88 Å². The minimum atomic E-state index is 0.331.